The van der Waals surface area contributed by atoms with Gasteiger partial charge < -0.3 is 5.32 Å². The molecule has 2 amide bonds. The fourth-order valence-electron chi connectivity index (χ4n) is 1.79. The highest BCUT2D eigenvalue weighted by Gasteiger charge is 2.13. The number of hydrogen-bond donors (Lipinski definition) is 2. The fraction of sp³-hybridized carbons (Fsp3) is 0.0625. The topological polar surface area (TPSA) is 114 Å². The zero-order valence-corrected chi connectivity index (χ0v) is 12.7. The van der Waals surface area contributed by atoms with E-state index in [4.69, 9.17) is 0 Å². The van der Waals surface area contributed by atoms with Crippen LogP contribution in [0.1, 0.15) is 11.1 Å². The molecule has 2 N–H and O–H groups in total. The molecule has 0 aliphatic heterocycles. The molecule has 0 aliphatic rings. The summed E-state index contributed by atoms with van der Waals surface area (Å²) in [6.07, 6.45) is 1.28. The summed E-state index contributed by atoms with van der Waals surface area (Å²) in [6, 6.07) is 12.6. The number of aryl methyl sites for hydroxylation is 1. The van der Waals surface area contributed by atoms with E-state index in [1.807, 2.05) is 6.07 Å². The molecule has 24 heavy (non-hydrogen) atoms. The van der Waals surface area contributed by atoms with Crippen LogP contribution in [0.3, 0.4) is 0 Å². The molecule has 8 heteroatoms. The van der Waals surface area contributed by atoms with Gasteiger partial charge in [0.2, 0.25) is 0 Å². The number of nitro groups is 1. The summed E-state index contributed by atoms with van der Waals surface area (Å²) < 4.78 is 0. The number of carbonyl (C=O) groups excluding carboxylic acids is 2. The Balaban J connectivity index is 1.91. The van der Waals surface area contributed by atoms with Gasteiger partial charge in [-0.2, -0.15) is 5.10 Å². The molecule has 0 radical (unpaired) electrons. The third kappa shape index (κ3) is 4.47. The number of rotatable bonds is 4. The predicted octanol–water partition coefficient (Wildman–Crippen LogP) is 1.99. The molecule has 0 unspecified atom stereocenters. The Kier molecular flexibility index (Phi) is 5.35. The Morgan fingerprint density at radius 1 is 1.08 bits per heavy atom. The van der Waals surface area contributed by atoms with E-state index in [-0.39, 0.29) is 5.69 Å². The second-order valence-corrected chi connectivity index (χ2v) is 4.82. The highest BCUT2D eigenvalue weighted by atomic mass is 16.6. The molecule has 2 aromatic rings. The first-order valence-corrected chi connectivity index (χ1v) is 6.92. The molecule has 0 saturated heterocycles. The third-order valence-corrected chi connectivity index (χ3v) is 3.08. The lowest BCUT2D eigenvalue weighted by Gasteiger charge is -2.06. The lowest BCUT2D eigenvalue weighted by molar-refractivity contribution is -0.384. The monoisotopic (exact) mass is 326 g/mol. The van der Waals surface area contributed by atoms with Crippen LogP contribution in [0.2, 0.25) is 0 Å². The summed E-state index contributed by atoms with van der Waals surface area (Å²) in [5, 5.41) is 16.7. The van der Waals surface area contributed by atoms with E-state index >= 15 is 0 Å². The second-order valence-electron chi connectivity index (χ2n) is 4.82. The summed E-state index contributed by atoms with van der Waals surface area (Å²) in [7, 11) is 0. The van der Waals surface area contributed by atoms with Crippen LogP contribution >= 0.6 is 0 Å². The van der Waals surface area contributed by atoms with E-state index in [0.29, 0.717) is 11.3 Å². The average molecular weight is 326 g/mol. The minimum atomic E-state index is -0.920. The van der Waals surface area contributed by atoms with Gasteiger partial charge in [0, 0.05) is 17.8 Å². The SMILES string of the molecule is Cc1ccccc1NC(=O)C(=O)N/N=C/c1ccc([N+](=O)[O-])cc1. The van der Waals surface area contributed by atoms with Crippen molar-refractivity contribution in [1.82, 2.24) is 5.43 Å². The van der Waals surface area contributed by atoms with Crippen molar-refractivity contribution in [1.29, 1.82) is 0 Å². The first-order valence-electron chi connectivity index (χ1n) is 6.92. The van der Waals surface area contributed by atoms with Gasteiger partial charge in [-0.15, -0.1) is 0 Å². The van der Waals surface area contributed by atoms with E-state index in [0.717, 1.165) is 5.56 Å². The number of anilines is 1. The number of hydrazone groups is 1. The van der Waals surface area contributed by atoms with Crippen LogP contribution in [-0.2, 0) is 9.59 Å². The van der Waals surface area contributed by atoms with Crippen LogP contribution in [0.15, 0.2) is 53.6 Å². The van der Waals surface area contributed by atoms with Crippen molar-refractivity contribution in [2.45, 2.75) is 6.92 Å². The van der Waals surface area contributed by atoms with Crippen molar-refractivity contribution >= 4 is 29.4 Å². The van der Waals surface area contributed by atoms with Gasteiger partial charge in [-0.05, 0) is 36.2 Å². The molecule has 0 heterocycles. The molecule has 0 atom stereocenters. The summed E-state index contributed by atoms with van der Waals surface area (Å²) in [6.45, 7) is 1.81. The Morgan fingerprint density at radius 2 is 1.75 bits per heavy atom. The Hall–Kier alpha value is -3.55. The van der Waals surface area contributed by atoms with Gasteiger partial charge in [0.05, 0.1) is 11.1 Å². The van der Waals surface area contributed by atoms with Crippen molar-refractivity contribution in [3.05, 3.63) is 69.8 Å². The van der Waals surface area contributed by atoms with Crippen molar-refractivity contribution in [2.75, 3.05) is 5.32 Å². The molecule has 122 valence electrons. The molecule has 2 rings (SSSR count). The Labute approximate surface area is 137 Å². The minimum absolute atomic E-state index is 0.0474. The van der Waals surface area contributed by atoms with Crippen molar-refractivity contribution < 1.29 is 14.5 Å². The van der Waals surface area contributed by atoms with Crippen LogP contribution < -0.4 is 10.7 Å². The number of carbonyl (C=O) groups is 2. The number of nitrogens with zero attached hydrogens (tertiary/aromatic N) is 2. The molecule has 0 fully saturated rings. The van der Waals surface area contributed by atoms with Gasteiger partial charge in [0.1, 0.15) is 0 Å². The van der Waals surface area contributed by atoms with Crippen molar-refractivity contribution in [3.63, 3.8) is 0 Å². The van der Waals surface area contributed by atoms with Gasteiger partial charge in [-0.25, -0.2) is 5.43 Å². The van der Waals surface area contributed by atoms with Gasteiger partial charge in [-0.1, -0.05) is 18.2 Å². The minimum Gasteiger partial charge on any atom is -0.317 e. The number of nitrogens with one attached hydrogen (secondary N) is 2. The van der Waals surface area contributed by atoms with Crippen LogP contribution in [0.5, 0.6) is 0 Å². The van der Waals surface area contributed by atoms with Crippen LogP contribution in [0.25, 0.3) is 0 Å². The largest absolute Gasteiger partial charge is 0.329 e. The maximum Gasteiger partial charge on any atom is 0.329 e. The zero-order valence-electron chi connectivity index (χ0n) is 12.7. The van der Waals surface area contributed by atoms with E-state index in [2.05, 4.69) is 15.8 Å². The molecule has 0 spiro atoms. The van der Waals surface area contributed by atoms with Gasteiger partial charge in [0.15, 0.2) is 0 Å². The maximum absolute atomic E-state index is 11.8. The molecule has 8 nitrogen and oxygen atoms in total. The fourth-order valence-corrected chi connectivity index (χ4v) is 1.79. The summed E-state index contributed by atoms with van der Waals surface area (Å²) in [5.41, 5.74) is 3.95. The quantitative estimate of drug-likeness (QED) is 0.387. The predicted molar refractivity (Wildman–Crippen MR) is 88.6 cm³/mol. The molecule has 0 aliphatic carbocycles. The molecule has 0 bridgehead atoms. The molecular weight excluding hydrogens is 312 g/mol. The average Bonchev–Trinajstić information content (AvgIpc) is 2.57. The van der Waals surface area contributed by atoms with E-state index in [1.165, 1.54) is 30.5 Å². The smallest absolute Gasteiger partial charge is 0.317 e. The lowest BCUT2D eigenvalue weighted by atomic mass is 10.2. The van der Waals surface area contributed by atoms with Crippen LogP contribution in [0.4, 0.5) is 11.4 Å². The first kappa shape index (κ1) is 16.8. The van der Waals surface area contributed by atoms with Gasteiger partial charge in [0.25, 0.3) is 5.69 Å². The number of nitro benzene ring substituents is 1. The van der Waals surface area contributed by atoms with Crippen molar-refractivity contribution in [2.24, 2.45) is 5.10 Å². The number of amides is 2. The van der Waals surface area contributed by atoms with Crippen LogP contribution in [0, 0.1) is 17.0 Å². The Bertz CT molecular complexity index is 800. The number of hydrogen-bond acceptors (Lipinski definition) is 5. The highest BCUT2D eigenvalue weighted by Crippen LogP contribution is 2.12. The number of para-hydroxylation sites is 1. The normalized spacial score (nSPS) is 10.4. The summed E-state index contributed by atoms with van der Waals surface area (Å²) in [5.74, 6) is -1.76. The van der Waals surface area contributed by atoms with E-state index in [1.54, 1.807) is 25.1 Å². The number of benzene rings is 2. The Morgan fingerprint density at radius 3 is 2.38 bits per heavy atom. The molecule has 0 aromatic heterocycles. The molecule has 0 saturated carbocycles. The first-order chi connectivity index (χ1) is 11.5. The van der Waals surface area contributed by atoms with E-state index < -0.39 is 16.7 Å². The molecule has 2 aromatic carbocycles. The van der Waals surface area contributed by atoms with Gasteiger partial charge in [-0.3, -0.25) is 19.7 Å². The van der Waals surface area contributed by atoms with Crippen LogP contribution in [-0.4, -0.2) is 23.0 Å². The zero-order chi connectivity index (χ0) is 17.5. The van der Waals surface area contributed by atoms with Gasteiger partial charge >= 0.3 is 11.8 Å². The number of non-ortho nitro benzene ring substituents is 1. The van der Waals surface area contributed by atoms with E-state index in [9.17, 15) is 19.7 Å². The molecular formula is C16H14N4O4. The lowest BCUT2D eigenvalue weighted by Crippen LogP contribution is -2.32. The summed E-state index contributed by atoms with van der Waals surface area (Å²) >= 11 is 0. The summed E-state index contributed by atoms with van der Waals surface area (Å²) in [4.78, 5) is 33.4. The highest BCUT2D eigenvalue weighted by molar-refractivity contribution is 6.39. The standard InChI is InChI=1S/C16H14N4O4/c1-11-4-2-3-5-14(11)18-15(21)16(22)19-17-10-12-6-8-13(9-7-12)20(23)24/h2-10H,1H3,(H,18,21)(H,19,22)/b17-10+. The maximum atomic E-state index is 11.8. The second kappa shape index (κ2) is 7.63. The third-order valence-electron chi connectivity index (χ3n) is 3.08. The van der Waals surface area contributed by atoms with Crippen molar-refractivity contribution in [3.8, 4) is 0 Å².